The van der Waals surface area contributed by atoms with Crippen LogP contribution in [0.2, 0.25) is 0 Å². The van der Waals surface area contributed by atoms with Crippen LogP contribution in [0.4, 0.5) is 0 Å². The molecule has 0 amide bonds. The van der Waals surface area contributed by atoms with E-state index in [1.807, 2.05) is 14.1 Å². The molecule has 0 unspecified atom stereocenters. The van der Waals surface area contributed by atoms with Gasteiger partial charge in [0.2, 0.25) is 0 Å². The smallest absolute Gasteiger partial charge is 0.0814 e. The van der Waals surface area contributed by atoms with Crippen molar-refractivity contribution in [1.82, 2.24) is 5.32 Å². The molecule has 0 saturated carbocycles. The summed E-state index contributed by atoms with van der Waals surface area (Å²) < 4.78 is 0. The van der Waals surface area contributed by atoms with E-state index in [9.17, 15) is 0 Å². The van der Waals surface area contributed by atoms with E-state index in [0.717, 1.165) is 0 Å². The van der Waals surface area contributed by atoms with E-state index < -0.39 is 0 Å². The fourth-order valence-electron chi connectivity index (χ4n) is 0. The second-order valence-corrected chi connectivity index (χ2v) is 0.500. The third-order valence-corrected chi connectivity index (χ3v) is 0. The number of nitrogens with one attached hydrogen (secondary N) is 1. The molecular weight excluding hydrogens is 60.9 g/mol. The Balaban J connectivity index is -0.0000000200. The maximum Gasteiger partial charge on any atom is 0.0814 e. The third kappa shape index (κ3) is 26500. The van der Waals surface area contributed by atoms with Gasteiger partial charge in [0, 0.05) is 0 Å². The zero-order valence-corrected chi connectivity index (χ0v) is 2.50. The van der Waals surface area contributed by atoms with Crippen LogP contribution in [0, 0.1) is 0 Å². The molecule has 0 aromatic heterocycles. The van der Waals surface area contributed by atoms with E-state index >= 15 is 0 Å². The second-order valence-electron chi connectivity index (χ2n) is 0.500. The van der Waals surface area contributed by atoms with Crippen molar-refractivity contribution in [3.63, 3.8) is 0 Å². The SMILES string of the molecule is B.C.CNC. The molecule has 0 rings (SSSR count). The molecule has 0 fully saturated rings. The Kier molecular flexibility index (Phi) is 139. The van der Waals surface area contributed by atoms with Gasteiger partial charge in [-0.3, -0.25) is 0 Å². The monoisotopic (exact) mass is 75.1 g/mol. The van der Waals surface area contributed by atoms with E-state index in [2.05, 4.69) is 5.32 Å². The lowest BCUT2D eigenvalue weighted by atomic mass is 10.8. The highest BCUT2D eigenvalue weighted by atomic mass is 14.7. The predicted molar refractivity (Wildman–Crippen MR) is 31.7 cm³/mol. The van der Waals surface area contributed by atoms with Crippen molar-refractivity contribution in [2.24, 2.45) is 0 Å². The summed E-state index contributed by atoms with van der Waals surface area (Å²) in [4.78, 5) is 0. The summed E-state index contributed by atoms with van der Waals surface area (Å²) in [5.74, 6) is 0. The molecule has 2 heteroatoms. The van der Waals surface area contributed by atoms with Crippen molar-refractivity contribution < 1.29 is 0 Å². The average Bonchev–Trinajstić information content (AvgIpc) is 0.918. The van der Waals surface area contributed by atoms with Gasteiger partial charge in [0.25, 0.3) is 0 Å². The largest absolute Gasteiger partial charge is 0.323 e. The average molecular weight is 75.0 g/mol. The topological polar surface area (TPSA) is 12.0 Å². The standard InChI is InChI=1S/C2H7N.CH4.BH3/c1-3-2;;/h3H,1-2H3;1H4;1H3. The van der Waals surface area contributed by atoms with Crippen molar-refractivity contribution >= 4 is 8.41 Å². The summed E-state index contributed by atoms with van der Waals surface area (Å²) in [7, 11) is 3.75. The van der Waals surface area contributed by atoms with Crippen LogP contribution < -0.4 is 5.32 Å². The van der Waals surface area contributed by atoms with Gasteiger partial charge >= 0.3 is 0 Å². The van der Waals surface area contributed by atoms with E-state index in [4.69, 9.17) is 0 Å². The van der Waals surface area contributed by atoms with Crippen LogP contribution in [0.25, 0.3) is 0 Å². The Morgan fingerprint density at radius 2 is 1.20 bits per heavy atom. The van der Waals surface area contributed by atoms with Gasteiger partial charge in [0.05, 0.1) is 8.41 Å². The second kappa shape index (κ2) is 35.1. The van der Waals surface area contributed by atoms with E-state index in [1.54, 1.807) is 0 Å². The Hall–Kier alpha value is 0.0249. The summed E-state index contributed by atoms with van der Waals surface area (Å²) >= 11 is 0. The van der Waals surface area contributed by atoms with Crippen LogP contribution in [-0.4, -0.2) is 22.5 Å². The first-order valence-corrected chi connectivity index (χ1v) is 1.00. The Morgan fingerprint density at radius 3 is 1.20 bits per heavy atom. The maximum atomic E-state index is 2.75. The highest BCUT2D eigenvalue weighted by molar-refractivity contribution is 5.75. The van der Waals surface area contributed by atoms with Crippen LogP contribution >= 0.6 is 0 Å². The molecule has 1 nitrogen and oxygen atoms in total. The summed E-state index contributed by atoms with van der Waals surface area (Å²) in [6, 6.07) is 0. The minimum atomic E-state index is 0. The molecule has 0 aliphatic carbocycles. The lowest BCUT2D eigenvalue weighted by Gasteiger charge is -1.59. The first-order chi connectivity index (χ1) is 1.41. The van der Waals surface area contributed by atoms with Gasteiger partial charge in [-0.2, -0.15) is 0 Å². The van der Waals surface area contributed by atoms with Gasteiger partial charge < -0.3 is 5.32 Å². The summed E-state index contributed by atoms with van der Waals surface area (Å²) in [6.07, 6.45) is 0. The Bertz CT molecular complexity index is 6.85. The van der Waals surface area contributed by atoms with Crippen molar-refractivity contribution in [2.75, 3.05) is 14.1 Å². The maximum absolute atomic E-state index is 2.75. The molecule has 34 valence electrons. The predicted octanol–water partition coefficient (Wildman–Crippen LogP) is -0.712. The third-order valence-electron chi connectivity index (χ3n) is 0. The Labute approximate surface area is 36.3 Å². The molecule has 0 aromatic carbocycles. The molecule has 0 atom stereocenters. The first-order valence-electron chi connectivity index (χ1n) is 1.00. The highest BCUT2D eigenvalue weighted by Gasteiger charge is 1.25. The number of hydrogen-bond acceptors (Lipinski definition) is 1. The molecule has 1 N–H and O–H groups in total. The van der Waals surface area contributed by atoms with Gasteiger partial charge in [-0.05, 0) is 14.1 Å². The summed E-state index contributed by atoms with van der Waals surface area (Å²) in [5.41, 5.74) is 0. The Morgan fingerprint density at radius 1 is 1.20 bits per heavy atom. The van der Waals surface area contributed by atoms with Crippen LogP contribution in [-0.2, 0) is 0 Å². The number of hydrogen-bond donors (Lipinski definition) is 1. The fraction of sp³-hybridized carbons (Fsp3) is 1.00. The molecule has 0 aliphatic rings. The van der Waals surface area contributed by atoms with Crippen LogP contribution in [0.3, 0.4) is 0 Å². The lowest BCUT2D eigenvalue weighted by molar-refractivity contribution is 1.02. The molecule has 0 bridgehead atoms. The van der Waals surface area contributed by atoms with Crippen LogP contribution in [0.15, 0.2) is 0 Å². The zero-order valence-electron chi connectivity index (χ0n) is 2.50. The molecule has 0 aliphatic heterocycles. The lowest BCUT2D eigenvalue weighted by Crippen LogP contribution is -1.89. The number of rotatable bonds is 0. The minimum absolute atomic E-state index is 0. The molecule has 0 saturated heterocycles. The van der Waals surface area contributed by atoms with Crippen LogP contribution in [0.1, 0.15) is 7.43 Å². The van der Waals surface area contributed by atoms with Crippen molar-refractivity contribution in [3.05, 3.63) is 0 Å². The molecule has 0 heterocycles. The van der Waals surface area contributed by atoms with Gasteiger partial charge in [-0.1, -0.05) is 7.43 Å². The van der Waals surface area contributed by atoms with Gasteiger partial charge in [0.15, 0.2) is 0 Å². The minimum Gasteiger partial charge on any atom is -0.323 e. The van der Waals surface area contributed by atoms with Crippen molar-refractivity contribution in [2.45, 2.75) is 7.43 Å². The molecule has 0 radical (unpaired) electrons. The molecule has 5 heavy (non-hydrogen) atoms. The van der Waals surface area contributed by atoms with Gasteiger partial charge in [-0.25, -0.2) is 0 Å². The van der Waals surface area contributed by atoms with Crippen molar-refractivity contribution in [1.29, 1.82) is 0 Å². The summed E-state index contributed by atoms with van der Waals surface area (Å²) in [5, 5.41) is 2.75. The quantitative estimate of drug-likeness (QED) is 0.375. The van der Waals surface area contributed by atoms with E-state index in [0.29, 0.717) is 0 Å². The summed E-state index contributed by atoms with van der Waals surface area (Å²) in [6.45, 7) is 0. The van der Waals surface area contributed by atoms with Crippen LogP contribution in [0.5, 0.6) is 0 Å². The molecular formula is C3H14BN. The van der Waals surface area contributed by atoms with Gasteiger partial charge in [-0.15, -0.1) is 0 Å². The molecule has 0 aromatic rings. The van der Waals surface area contributed by atoms with Gasteiger partial charge in [0.1, 0.15) is 0 Å². The first kappa shape index (κ1) is 19.9. The highest BCUT2D eigenvalue weighted by Crippen LogP contribution is 0.981. The van der Waals surface area contributed by atoms with E-state index in [-0.39, 0.29) is 15.8 Å². The van der Waals surface area contributed by atoms with Crippen molar-refractivity contribution in [3.8, 4) is 0 Å². The zero-order chi connectivity index (χ0) is 2.71. The normalized spacial score (nSPS) is 3.60. The van der Waals surface area contributed by atoms with E-state index in [1.165, 1.54) is 0 Å². The molecule has 0 spiro atoms. The fourth-order valence-corrected chi connectivity index (χ4v) is 0.